The van der Waals surface area contributed by atoms with Crippen LogP contribution < -0.4 is 0 Å². The molecule has 3 heteroatoms. The molecule has 0 spiro atoms. The Balaban J connectivity index is 3.84. The summed E-state index contributed by atoms with van der Waals surface area (Å²) in [4.78, 5) is 10.7. The maximum atomic E-state index is 10.7. The van der Waals surface area contributed by atoms with Gasteiger partial charge in [0.15, 0.2) is 0 Å². The largest absolute Gasteiger partial charge is 0.460 e. The Morgan fingerprint density at radius 3 is 2.38 bits per heavy atom. The summed E-state index contributed by atoms with van der Waals surface area (Å²) in [6.07, 6.45) is 1.67. The molecule has 2 atom stereocenters. The van der Waals surface area contributed by atoms with Gasteiger partial charge in [-0.1, -0.05) is 13.8 Å². The third kappa shape index (κ3) is 5.64. The van der Waals surface area contributed by atoms with Crippen molar-refractivity contribution in [1.82, 2.24) is 0 Å². The smallest absolute Gasteiger partial charge is 0.302 e. The van der Waals surface area contributed by atoms with Crippen molar-refractivity contribution in [2.24, 2.45) is 0 Å². The molecule has 0 aliphatic rings. The number of carbonyl (C=O) groups excluding carboxylic acids is 1. The summed E-state index contributed by atoms with van der Waals surface area (Å²) in [5.41, 5.74) is 0. The first-order valence-electron chi connectivity index (χ1n) is 4.90. The van der Waals surface area contributed by atoms with Crippen LogP contribution in [0.3, 0.4) is 0 Å². The highest BCUT2D eigenvalue weighted by Gasteiger charge is 2.18. The van der Waals surface area contributed by atoms with Crippen molar-refractivity contribution in [3.8, 4) is 0 Å². The summed E-state index contributed by atoms with van der Waals surface area (Å²) < 4.78 is 10.6. The molecular formula is C10H20O3. The Hall–Kier alpha value is -0.570. The van der Waals surface area contributed by atoms with Crippen molar-refractivity contribution >= 4 is 5.97 Å². The van der Waals surface area contributed by atoms with Gasteiger partial charge in [0.2, 0.25) is 0 Å². The molecule has 0 amide bonds. The Bertz CT molecular complexity index is 145. The predicted octanol–water partition coefficient (Wildman–Crippen LogP) is 2.14. The summed E-state index contributed by atoms with van der Waals surface area (Å²) in [7, 11) is 0. The van der Waals surface area contributed by atoms with Crippen molar-refractivity contribution in [2.75, 3.05) is 6.61 Å². The summed E-state index contributed by atoms with van der Waals surface area (Å²) in [5, 5.41) is 0. The predicted molar refractivity (Wildman–Crippen MR) is 51.6 cm³/mol. The van der Waals surface area contributed by atoms with E-state index in [0.29, 0.717) is 0 Å². The highest BCUT2D eigenvalue weighted by molar-refractivity contribution is 5.66. The zero-order valence-corrected chi connectivity index (χ0v) is 9.00. The van der Waals surface area contributed by atoms with Crippen LogP contribution in [0, 0.1) is 0 Å². The van der Waals surface area contributed by atoms with Crippen LogP contribution in [0.5, 0.6) is 0 Å². The van der Waals surface area contributed by atoms with E-state index < -0.39 is 0 Å². The monoisotopic (exact) mass is 188 g/mol. The van der Waals surface area contributed by atoms with Gasteiger partial charge in [0, 0.05) is 13.5 Å². The van der Waals surface area contributed by atoms with Gasteiger partial charge in [0.1, 0.15) is 6.10 Å². The Morgan fingerprint density at radius 1 is 1.38 bits per heavy atom. The lowest BCUT2D eigenvalue weighted by atomic mass is 10.2. The molecule has 0 N–H and O–H groups in total. The summed E-state index contributed by atoms with van der Waals surface area (Å²) >= 11 is 0. The molecule has 13 heavy (non-hydrogen) atoms. The van der Waals surface area contributed by atoms with Crippen molar-refractivity contribution in [3.63, 3.8) is 0 Å². The van der Waals surface area contributed by atoms with Crippen LogP contribution in [0.4, 0.5) is 0 Å². The molecule has 0 unspecified atom stereocenters. The second-order valence-corrected chi connectivity index (χ2v) is 3.13. The molecule has 0 aromatic rings. The maximum Gasteiger partial charge on any atom is 0.302 e. The van der Waals surface area contributed by atoms with Crippen LogP contribution in [-0.2, 0) is 14.3 Å². The molecule has 0 aromatic carbocycles. The normalized spacial score (nSPS) is 15.1. The van der Waals surface area contributed by atoms with E-state index in [-0.39, 0.29) is 18.2 Å². The molecule has 0 saturated heterocycles. The van der Waals surface area contributed by atoms with E-state index in [1.165, 1.54) is 6.92 Å². The molecule has 0 aliphatic carbocycles. The number of rotatable bonds is 6. The molecule has 0 aromatic heterocycles. The van der Waals surface area contributed by atoms with E-state index in [9.17, 15) is 4.79 Å². The Labute approximate surface area is 80.4 Å². The average Bonchev–Trinajstić information content (AvgIpc) is 2.09. The second kappa shape index (κ2) is 6.89. The van der Waals surface area contributed by atoms with Gasteiger partial charge in [-0.15, -0.1) is 0 Å². The molecule has 0 saturated carbocycles. The van der Waals surface area contributed by atoms with Gasteiger partial charge >= 0.3 is 5.97 Å². The fraction of sp³-hybridized carbons (Fsp3) is 0.900. The third-order valence-electron chi connectivity index (χ3n) is 1.83. The summed E-state index contributed by atoms with van der Waals surface area (Å²) in [6.45, 7) is 8.12. The molecule has 78 valence electrons. The first kappa shape index (κ1) is 12.4. The number of carbonyl (C=O) groups is 1. The van der Waals surface area contributed by atoms with Gasteiger partial charge in [-0.25, -0.2) is 0 Å². The first-order chi connectivity index (χ1) is 6.11. The van der Waals surface area contributed by atoms with Crippen LogP contribution in [0.2, 0.25) is 0 Å². The van der Waals surface area contributed by atoms with E-state index in [4.69, 9.17) is 9.47 Å². The quantitative estimate of drug-likeness (QED) is 0.599. The molecule has 3 nitrogen and oxygen atoms in total. The fourth-order valence-corrected chi connectivity index (χ4v) is 1.14. The average molecular weight is 188 g/mol. The van der Waals surface area contributed by atoms with Crippen molar-refractivity contribution < 1.29 is 14.3 Å². The molecule has 0 aliphatic heterocycles. The minimum atomic E-state index is -0.237. The van der Waals surface area contributed by atoms with E-state index in [0.717, 1.165) is 19.4 Å². The summed E-state index contributed by atoms with van der Waals surface area (Å²) in [6, 6.07) is 0. The zero-order chi connectivity index (χ0) is 10.3. The van der Waals surface area contributed by atoms with Crippen LogP contribution in [0.1, 0.15) is 40.5 Å². The van der Waals surface area contributed by atoms with Gasteiger partial charge < -0.3 is 9.47 Å². The van der Waals surface area contributed by atoms with Crippen molar-refractivity contribution in [2.45, 2.75) is 52.7 Å². The zero-order valence-electron chi connectivity index (χ0n) is 9.00. The molecule has 0 rings (SSSR count). The van der Waals surface area contributed by atoms with Gasteiger partial charge in [-0.05, 0) is 19.8 Å². The lowest BCUT2D eigenvalue weighted by molar-refractivity contribution is -0.154. The van der Waals surface area contributed by atoms with Crippen LogP contribution >= 0.6 is 0 Å². The minimum absolute atomic E-state index is 0.00569. The summed E-state index contributed by atoms with van der Waals surface area (Å²) in [5.74, 6) is -0.237. The number of ether oxygens (including phenoxy) is 2. The maximum absolute atomic E-state index is 10.7. The molecule has 0 radical (unpaired) electrons. The van der Waals surface area contributed by atoms with E-state index in [1.54, 1.807) is 0 Å². The Kier molecular flexibility index (Phi) is 6.59. The van der Waals surface area contributed by atoms with E-state index in [2.05, 4.69) is 6.92 Å². The van der Waals surface area contributed by atoms with Gasteiger partial charge in [-0.2, -0.15) is 0 Å². The second-order valence-electron chi connectivity index (χ2n) is 3.13. The van der Waals surface area contributed by atoms with Crippen LogP contribution in [-0.4, -0.2) is 24.8 Å². The third-order valence-corrected chi connectivity index (χ3v) is 1.83. The highest BCUT2D eigenvalue weighted by atomic mass is 16.6. The molecular weight excluding hydrogens is 168 g/mol. The van der Waals surface area contributed by atoms with Crippen molar-refractivity contribution in [1.29, 1.82) is 0 Å². The van der Waals surface area contributed by atoms with Crippen molar-refractivity contribution in [3.05, 3.63) is 0 Å². The lowest BCUT2D eigenvalue weighted by Gasteiger charge is -2.22. The fourth-order valence-electron chi connectivity index (χ4n) is 1.14. The van der Waals surface area contributed by atoms with Crippen LogP contribution in [0.25, 0.3) is 0 Å². The first-order valence-corrected chi connectivity index (χ1v) is 4.90. The SMILES string of the molecule is CCCO[C@@H](C)[C@H](CC)OC(C)=O. The minimum Gasteiger partial charge on any atom is -0.460 e. The number of hydrogen-bond acceptors (Lipinski definition) is 3. The van der Waals surface area contributed by atoms with Gasteiger partial charge in [0.25, 0.3) is 0 Å². The standard InChI is InChI=1S/C10H20O3/c1-5-7-12-8(3)10(6-2)13-9(4)11/h8,10H,5-7H2,1-4H3/t8-,10-/m0/s1. The van der Waals surface area contributed by atoms with Gasteiger partial charge in [-0.3, -0.25) is 4.79 Å². The van der Waals surface area contributed by atoms with Crippen LogP contribution in [0.15, 0.2) is 0 Å². The highest BCUT2D eigenvalue weighted by Crippen LogP contribution is 2.08. The number of esters is 1. The topological polar surface area (TPSA) is 35.5 Å². The Morgan fingerprint density at radius 2 is 2.00 bits per heavy atom. The van der Waals surface area contributed by atoms with E-state index >= 15 is 0 Å². The lowest BCUT2D eigenvalue weighted by Crippen LogP contribution is -2.30. The molecule has 0 heterocycles. The molecule has 0 fully saturated rings. The van der Waals surface area contributed by atoms with Gasteiger partial charge in [0.05, 0.1) is 6.10 Å². The number of hydrogen-bond donors (Lipinski definition) is 0. The molecule has 0 bridgehead atoms. The van der Waals surface area contributed by atoms with E-state index in [1.807, 2.05) is 13.8 Å².